The summed E-state index contributed by atoms with van der Waals surface area (Å²) >= 11 is 1.85. The molecule has 0 saturated heterocycles. The van der Waals surface area contributed by atoms with Gasteiger partial charge in [0.05, 0.1) is 0 Å². The lowest BCUT2D eigenvalue weighted by molar-refractivity contribution is 0.908. The van der Waals surface area contributed by atoms with Crippen LogP contribution in [0.1, 0.15) is 19.2 Å². The molecule has 0 aliphatic heterocycles. The third-order valence-electron chi connectivity index (χ3n) is 2.40. The van der Waals surface area contributed by atoms with E-state index in [0.717, 1.165) is 42.7 Å². The van der Waals surface area contributed by atoms with E-state index < -0.39 is 0 Å². The van der Waals surface area contributed by atoms with Gasteiger partial charge in [0.25, 0.3) is 0 Å². The van der Waals surface area contributed by atoms with Gasteiger partial charge in [0.1, 0.15) is 17.5 Å². The highest BCUT2D eigenvalue weighted by Gasteiger charge is 2.05. The molecule has 1 aromatic rings. The quantitative estimate of drug-likeness (QED) is 0.809. The van der Waals surface area contributed by atoms with E-state index >= 15 is 0 Å². The van der Waals surface area contributed by atoms with Crippen molar-refractivity contribution in [1.82, 2.24) is 9.97 Å². The van der Waals surface area contributed by atoms with Crippen LogP contribution in [0.25, 0.3) is 0 Å². The van der Waals surface area contributed by atoms with Crippen LogP contribution in [-0.2, 0) is 0 Å². The molecule has 0 radical (unpaired) electrons. The van der Waals surface area contributed by atoms with Crippen LogP contribution in [0, 0.1) is 6.92 Å². The molecule has 0 bridgehead atoms. The number of nitrogens with one attached hydrogen (secondary N) is 1. The normalized spacial score (nSPS) is 10.4. The topological polar surface area (TPSA) is 41.0 Å². The number of aryl methyl sites for hydroxylation is 1. The highest BCUT2D eigenvalue weighted by Crippen LogP contribution is 2.14. The molecule has 1 heterocycles. The fourth-order valence-electron chi connectivity index (χ4n) is 1.43. The number of nitrogens with zero attached hydrogens (tertiary/aromatic N) is 3. The number of aromatic nitrogens is 2. The molecule has 96 valence electrons. The van der Waals surface area contributed by atoms with Crippen LogP contribution in [-0.4, -0.2) is 42.1 Å². The van der Waals surface area contributed by atoms with Crippen molar-refractivity contribution in [2.75, 3.05) is 42.4 Å². The molecule has 0 aliphatic carbocycles. The summed E-state index contributed by atoms with van der Waals surface area (Å²) in [6.07, 6.45) is 3.22. The van der Waals surface area contributed by atoms with E-state index in [4.69, 9.17) is 0 Å². The van der Waals surface area contributed by atoms with Gasteiger partial charge in [-0.1, -0.05) is 6.92 Å². The third kappa shape index (κ3) is 4.81. The van der Waals surface area contributed by atoms with Gasteiger partial charge in [-0.25, -0.2) is 9.97 Å². The third-order valence-corrected chi connectivity index (χ3v) is 2.99. The molecule has 17 heavy (non-hydrogen) atoms. The summed E-state index contributed by atoms with van der Waals surface area (Å²) in [6, 6.07) is 2.02. The number of rotatable bonds is 7. The Kier molecular flexibility index (Phi) is 6.11. The Hall–Kier alpha value is -0.970. The van der Waals surface area contributed by atoms with Gasteiger partial charge < -0.3 is 10.2 Å². The molecule has 0 spiro atoms. The molecule has 0 atom stereocenters. The Morgan fingerprint density at radius 3 is 2.82 bits per heavy atom. The summed E-state index contributed by atoms with van der Waals surface area (Å²) < 4.78 is 0. The van der Waals surface area contributed by atoms with Gasteiger partial charge in [-0.05, 0) is 19.6 Å². The van der Waals surface area contributed by atoms with Crippen LogP contribution in [0.2, 0.25) is 0 Å². The summed E-state index contributed by atoms with van der Waals surface area (Å²) in [7, 11) is 2.07. The molecule has 0 aromatic carbocycles. The van der Waals surface area contributed by atoms with Crippen LogP contribution in [0.5, 0.6) is 0 Å². The van der Waals surface area contributed by atoms with Crippen molar-refractivity contribution in [3.8, 4) is 0 Å². The zero-order valence-electron chi connectivity index (χ0n) is 11.2. The summed E-state index contributed by atoms with van der Waals surface area (Å²) in [6.45, 7) is 6.03. The Labute approximate surface area is 108 Å². The van der Waals surface area contributed by atoms with Crippen molar-refractivity contribution in [1.29, 1.82) is 0 Å². The van der Waals surface area contributed by atoms with E-state index in [0.29, 0.717) is 0 Å². The van der Waals surface area contributed by atoms with Gasteiger partial charge in [-0.3, -0.25) is 0 Å². The second kappa shape index (κ2) is 7.37. The van der Waals surface area contributed by atoms with Gasteiger partial charge >= 0.3 is 0 Å². The summed E-state index contributed by atoms with van der Waals surface area (Å²) in [5.74, 6) is 3.84. The Morgan fingerprint density at radius 2 is 2.18 bits per heavy atom. The van der Waals surface area contributed by atoms with Crippen LogP contribution >= 0.6 is 11.8 Å². The van der Waals surface area contributed by atoms with E-state index in [-0.39, 0.29) is 0 Å². The number of hydrogen-bond donors (Lipinski definition) is 1. The maximum absolute atomic E-state index is 4.46. The second-order valence-corrected chi connectivity index (χ2v) is 4.99. The van der Waals surface area contributed by atoms with Gasteiger partial charge in [0, 0.05) is 32.0 Å². The summed E-state index contributed by atoms with van der Waals surface area (Å²) in [4.78, 5) is 11.0. The van der Waals surface area contributed by atoms with Crippen molar-refractivity contribution in [2.45, 2.75) is 20.3 Å². The average molecular weight is 254 g/mol. The van der Waals surface area contributed by atoms with Crippen LogP contribution in [0.15, 0.2) is 6.07 Å². The fourth-order valence-corrected chi connectivity index (χ4v) is 1.89. The van der Waals surface area contributed by atoms with Gasteiger partial charge in [-0.2, -0.15) is 11.8 Å². The highest BCUT2D eigenvalue weighted by molar-refractivity contribution is 7.98. The summed E-state index contributed by atoms with van der Waals surface area (Å²) in [5, 5.41) is 3.30. The first kappa shape index (κ1) is 14.1. The van der Waals surface area contributed by atoms with Crippen LogP contribution in [0.4, 0.5) is 11.6 Å². The van der Waals surface area contributed by atoms with Gasteiger partial charge in [0.15, 0.2) is 0 Å². The lowest BCUT2D eigenvalue weighted by atomic mass is 10.4. The zero-order chi connectivity index (χ0) is 12.7. The molecule has 0 fully saturated rings. The van der Waals surface area contributed by atoms with Crippen molar-refractivity contribution in [2.24, 2.45) is 0 Å². The first-order valence-corrected chi connectivity index (χ1v) is 7.36. The van der Waals surface area contributed by atoms with Crippen LogP contribution in [0.3, 0.4) is 0 Å². The predicted molar refractivity (Wildman–Crippen MR) is 77.2 cm³/mol. The number of hydrogen-bond acceptors (Lipinski definition) is 5. The standard InChI is InChI=1S/C12H22N4S/c1-5-6-13-11-9-12(15-10(2)14-11)16(3)7-8-17-4/h9H,5-8H2,1-4H3,(H,13,14,15). The minimum atomic E-state index is 0.817. The number of anilines is 2. The van der Waals surface area contributed by atoms with Crippen molar-refractivity contribution >= 4 is 23.4 Å². The second-order valence-electron chi connectivity index (χ2n) is 4.00. The highest BCUT2D eigenvalue weighted by atomic mass is 32.2. The average Bonchev–Trinajstić information content (AvgIpc) is 2.32. The number of thioether (sulfide) groups is 1. The van der Waals surface area contributed by atoms with E-state index in [2.05, 4.69) is 40.4 Å². The van der Waals surface area contributed by atoms with Gasteiger partial charge in [0.2, 0.25) is 0 Å². The Morgan fingerprint density at radius 1 is 1.41 bits per heavy atom. The van der Waals surface area contributed by atoms with Crippen molar-refractivity contribution in [3.05, 3.63) is 11.9 Å². The fraction of sp³-hybridized carbons (Fsp3) is 0.667. The predicted octanol–water partition coefficient (Wildman–Crippen LogP) is 2.41. The van der Waals surface area contributed by atoms with E-state index in [1.54, 1.807) is 0 Å². The first-order chi connectivity index (χ1) is 8.17. The molecule has 0 aliphatic rings. The summed E-state index contributed by atoms with van der Waals surface area (Å²) in [5.41, 5.74) is 0. The Balaban J connectivity index is 2.73. The lowest BCUT2D eigenvalue weighted by Crippen LogP contribution is -2.22. The maximum atomic E-state index is 4.46. The smallest absolute Gasteiger partial charge is 0.134 e. The molecule has 4 nitrogen and oxygen atoms in total. The Bertz CT molecular complexity index is 343. The van der Waals surface area contributed by atoms with E-state index in [1.165, 1.54) is 0 Å². The molecular weight excluding hydrogens is 232 g/mol. The monoisotopic (exact) mass is 254 g/mol. The molecule has 5 heteroatoms. The minimum Gasteiger partial charge on any atom is -0.370 e. The largest absolute Gasteiger partial charge is 0.370 e. The van der Waals surface area contributed by atoms with Crippen molar-refractivity contribution < 1.29 is 0 Å². The molecular formula is C12H22N4S. The van der Waals surface area contributed by atoms with Crippen molar-refractivity contribution in [3.63, 3.8) is 0 Å². The van der Waals surface area contributed by atoms with Crippen LogP contribution < -0.4 is 10.2 Å². The molecule has 0 amide bonds. The maximum Gasteiger partial charge on any atom is 0.134 e. The lowest BCUT2D eigenvalue weighted by Gasteiger charge is -2.18. The minimum absolute atomic E-state index is 0.817. The molecule has 1 N–H and O–H groups in total. The first-order valence-electron chi connectivity index (χ1n) is 5.97. The zero-order valence-corrected chi connectivity index (χ0v) is 12.0. The van der Waals surface area contributed by atoms with Gasteiger partial charge in [-0.15, -0.1) is 0 Å². The molecule has 1 aromatic heterocycles. The van der Waals surface area contributed by atoms with E-state index in [1.807, 2.05) is 24.8 Å². The molecule has 0 unspecified atom stereocenters. The van der Waals surface area contributed by atoms with E-state index in [9.17, 15) is 0 Å². The SMILES string of the molecule is CCCNc1cc(N(C)CCSC)nc(C)n1. The molecule has 1 rings (SSSR count). The molecule has 0 saturated carbocycles.